The number of hydrogen-bond acceptors (Lipinski definition) is 10. The first-order valence-electron chi connectivity index (χ1n) is 2.15. The predicted molar refractivity (Wildman–Crippen MR) is 33.3 cm³/mol. The van der Waals surface area contributed by atoms with Gasteiger partial charge in [0.25, 0.3) is 0 Å². The van der Waals surface area contributed by atoms with E-state index in [0.717, 1.165) is 0 Å². The summed E-state index contributed by atoms with van der Waals surface area (Å²) in [7, 11) is -10.0. The molecule has 16 heteroatoms. The molecule has 0 bridgehead atoms. The van der Waals surface area contributed by atoms with Crippen LogP contribution in [0.5, 0.6) is 0 Å². The first-order valence-corrected chi connectivity index (χ1v) is 6.81. The van der Waals surface area contributed by atoms with Gasteiger partial charge in [-0.2, -0.15) is 16.8 Å². The molecule has 0 aliphatic heterocycles. The summed E-state index contributed by atoms with van der Waals surface area (Å²) in [5.41, 5.74) is 0. The van der Waals surface area contributed by atoms with Gasteiger partial charge in [-0.25, -0.2) is 0 Å². The fourth-order valence-electron chi connectivity index (χ4n) is 0.0702. The van der Waals surface area contributed by atoms with Gasteiger partial charge in [0.15, 0.2) is 0 Å². The molecule has 13 nitrogen and oxygen atoms in total. The van der Waals surface area contributed by atoms with Crippen LogP contribution < -0.4 is 10.3 Å². The maximum absolute atomic E-state index is 9.51. The summed E-state index contributed by atoms with van der Waals surface area (Å²) in [5, 5.41) is 0. The van der Waals surface area contributed by atoms with Crippen molar-refractivity contribution in [2.75, 3.05) is 0 Å². The van der Waals surface area contributed by atoms with Gasteiger partial charge in [0.1, 0.15) is 0 Å². The van der Waals surface area contributed by atoms with E-state index in [2.05, 4.69) is 8.67 Å². The second-order valence-electron chi connectivity index (χ2n) is 1.37. The van der Waals surface area contributed by atoms with Gasteiger partial charge in [0, 0.05) is 0 Å². The summed E-state index contributed by atoms with van der Waals surface area (Å²) >= 11 is -5.62. The van der Waals surface area contributed by atoms with Crippen molar-refractivity contribution in [2.45, 2.75) is 0 Å². The van der Waals surface area contributed by atoms with Crippen LogP contribution in [0.1, 0.15) is 0 Å². The average molecular weight is 331 g/mol. The Kier molecular flexibility index (Phi) is 9.17. The molecule has 0 amide bonds. The molecule has 0 aromatic heterocycles. The van der Waals surface area contributed by atoms with Crippen molar-refractivity contribution in [3.05, 3.63) is 0 Å². The third kappa shape index (κ3) is 49.6. The van der Waals surface area contributed by atoms with Crippen LogP contribution in [0.4, 0.5) is 0 Å². The van der Waals surface area contributed by atoms with Crippen LogP contribution in [0, 0.1) is 0 Å². The zero-order valence-corrected chi connectivity index (χ0v) is 9.98. The van der Waals surface area contributed by atoms with Gasteiger partial charge < -0.3 is 6.15 Å². The normalized spacial score (nSPS) is 11.9. The summed E-state index contributed by atoms with van der Waals surface area (Å²) < 4.78 is 93.2. The Balaban J connectivity index is -0.000000242. The summed E-state index contributed by atoms with van der Waals surface area (Å²) in [4.78, 5) is 0. The maximum atomic E-state index is 9.51. The topological polar surface area (TPSA) is 238 Å². The van der Waals surface area contributed by atoms with Crippen molar-refractivity contribution in [3.63, 3.8) is 0 Å². The van der Waals surface area contributed by atoms with E-state index in [0.29, 0.717) is 0 Å². The molecule has 0 spiro atoms. The van der Waals surface area contributed by atoms with Crippen molar-refractivity contribution in [2.24, 2.45) is 0 Å². The van der Waals surface area contributed by atoms with Crippen LogP contribution in [0.15, 0.2) is 0 Å². The second kappa shape index (κ2) is 7.01. The molecule has 0 atom stereocenters. The van der Waals surface area contributed by atoms with Gasteiger partial charge in [-0.1, -0.05) is 8.67 Å². The first-order chi connectivity index (χ1) is 6.21. The number of hydrogen-bond donors (Lipinski definition) is 3. The van der Waals surface area contributed by atoms with Crippen molar-refractivity contribution in [3.8, 4) is 0 Å². The Morgan fingerprint density at radius 1 is 0.875 bits per heavy atom. The fourth-order valence-corrected chi connectivity index (χ4v) is 0.632. The summed E-state index contributed by atoms with van der Waals surface area (Å²) in [6, 6.07) is 0. The number of quaternary nitrogens is 1. The van der Waals surface area contributed by atoms with E-state index >= 15 is 0 Å². The van der Waals surface area contributed by atoms with Crippen molar-refractivity contribution in [1.29, 1.82) is 0 Å². The molecule has 6 N–H and O–H groups in total. The minimum absolute atomic E-state index is 0. The Hall–Kier alpha value is -0.421. The average Bonchev–Trinajstić information content (AvgIpc) is 1.76. The van der Waals surface area contributed by atoms with Crippen LogP contribution in [0.25, 0.3) is 0 Å². The Bertz CT molecular complexity index is 479. The van der Waals surface area contributed by atoms with Gasteiger partial charge in [-0.3, -0.25) is 9.11 Å². The molecule has 0 saturated heterocycles. The summed E-state index contributed by atoms with van der Waals surface area (Å²) in [6.07, 6.45) is 0. The van der Waals surface area contributed by atoms with Gasteiger partial charge in [-0.15, -0.1) is 0 Å². The molecule has 0 fully saturated rings. The summed E-state index contributed by atoms with van der Waals surface area (Å²) in [6.45, 7) is 0. The van der Waals surface area contributed by atoms with E-state index in [4.69, 9.17) is 24.8 Å². The molecule has 0 aromatic rings. The zero-order chi connectivity index (χ0) is 12.9. The van der Waals surface area contributed by atoms with Gasteiger partial charge in [-0.05, 0) is 0 Å². The second-order valence-corrected chi connectivity index (χ2v) is 4.53. The molecule has 0 aliphatic rings. The molecule has 102 valence electrons. The van der Waals surface area contributed by atoms with Crippen LogP contribution in [-0.2, 0) is 53.9 Å². The first kappa shape index (κ1) is 20.9. The van der Waals surface area contributed by atoms with E-state index in [-0.39, 0.29) is 6.15 Å². The van der Waals surface area contributed by atoms with Crippen molar-refractivity contribution >= 4 is 20.8 Å². The molecular weight excluding hydrogens is 325 g/mol. The Labute approximate surface area is 90.6 Å². The Morgan fingerprint density at radius 3 is 1.06 bits per heavy atom. The van der Waals surface area contributed by atoms with Gasteiger partial charge >= 0.3 is 49.5 Å². The third-order valence-corrected chi connectivity index (χ3v) is 0.766. The molecular formula is H6MnNO12S2. The minimum atomic E-state index is -5.62. The van der Waals surface area contributed by atoms with E-state index in [1.54, 1.807) is 0 Å². The summed E-state index contributed by atoms with van der Waals surface area (Å²) in [5.74, 6) is 0. The predicted octanol–water partition coefficient (Wildman–Crippen LogP) is -2.63. The van der Waals surface area contributed by atoms with E-state index in [1.165, 1.54) is 0 Å². The standard InChI is InChI=1S/Mn.H3N.H2O8S2.4O/c;;1-9(2,3)7-8-10(4,5)6;;;;/h;1H3;(H,1,2,3)(H,4,5,6);;;;/q;;;;;;-1/p+1. The van der Waals surface area contributed by atoms with Crippen LogP contribution >= 0.6 is 0 Å². The molecule has 0 aliphatic carbocycles. The molecule has 0 unspecified atom stereocenters. The van der Waals surface area contributed by atoms with E-state index in [9.17, 15) is 16.8 Å². The molecule has 0 radical (unpaired) electrons. The SMILES string of the molecule is O=S(=O)(O)OOS(=O)(=O)O.[NH4+].[O]=[Mn](=[O])(=[O])[O-]. The van der Waals surface area contributed by atoms with Crippen LogP contribution in [0.2, 0.25) is 0 Å². The van der Waals surface area contributed by atoms with Crippen molar-refractivity contribution < 1.29 is 63.3 Å². The monoisotopic (exact) mass is 331 g/mol. The van der Waals surface area contributed by atoms with Crippen LogP contribution in [0.3, 0.4) is 0 Å². The number of rotatable bonds is 3. The quantitative estimate of drug-likeness (QED) is 0.208. The van der Waals surface area contributed by atoms with Gasteiger partial charge in [0.2, 0.25) is 0 Å². The van der Waals surface area contributed by atoms with Crippen LogP contribution in [-0.4, -0.2) is 25.9 Å². The van der Waals surface area contributed by atoms with Crippen molar-refractivity contribution in [1.82, 2.24) is 6.15 Å². The van der Waals surface area contributed by atoms with E-state index < -0.39 is 33.8 Å². The molecule has 0 saturated carbocycles. The molecule has 0 aromatic carbocycles. The Morgan fingerprint density at radius 2 is 1.00 bits per heavy atom. The fraction of sp³-hybridized carbons (Fsp3) is 0. The molecule has 16 heavy (non-hydrogen) atoms. The van der Waals surface area contributed by atoms with E-state index in [1.807, 2.05) is 0 Å². The van der Waals surface area contributed by atoms with Gasteiger partial charge in [0.05, 0.1) is 0 Å². The molecule has 0 rings (SSSR count). The molecule has 0 heterocycles. The zero-order valence-electron chi connectivity index (χ0n) is 7.17. The third-order valence-electron chi connectivity index (χ3n) is 0.200.